The number of aromatic nitrogens is 1. The van der Waals surface area contributed by atoms with Crippen molar-refractivity contribution in [2.24, 2.45) is 0 Å². The van der Waals surface area contributed by atoms with E-state index in [0.29, 0.717) is 17.3 Å². The number of methoxy groups -OCH3 is 1. The van der Waals surface area contributed by atoms with E-state index in [1.165, 1.54) is 11.3 Å². The van der Waals surface area contributed by atoms with Crippen LogP contribution >= 0.6 is 11.3 Å². The molecule has 1 aromatic heterocycles. The van der Waals surface area contributed by atoms with Gasteiger partial charge in [0.15, 0.2) is 0 Å². The molecule has 0 radical (unpaired) electrons. The number of carbonyl (C=O) groups excluding carboxylic acids is 1. The molecule has 25 heavy (non-hydrogen) atoms. The van der Waals surface area contributed by atoms with Crippen molar-refractivity contribution in [1.82, 2.24) is 15.2 Å². The number of ether oxygens (including phenoxy) is 1. The highest BCUT2D eigenvalue weighted by molar-refractivity contribution is 7.13. The van der Waals surface area contributed by atoms with Crippen LogP contribution in [0.2, 0.25) is 0 Å². The minimum absolute atomic E-state index is 0.0535. The van der Waals surface area contributed by atoms with E-state index in [9.17, 15) is 4.79 Å². The monoisotopic (exact) mass is 361 g/mol. The van der Waals surface area contributed by atoms with Crippen LogP contribution in [0.15, 0.2) is 24.3 Å². The van der Waals surface area contributed by atoms with Crippen LogP contribution in [0, 0.1) is 6.92 Å². The molecule has 0 bridgehead atoms. The highest BCUT2D eigenvalue weighted by atomic mass is 32.1. The highest BCUT2D eigenvalue weighted by Crippen LogP contribution is 2.25. The standard InChI is InChI=1S/C19H27N3O2S/c1-12(2)19-21-13(3)17(25-19)18(23)20-11-16(22(4)5)14-7-9-15(24-6)10-8-14/h7-10,12,16H,11H2,1-6H3,(H,20,23). The van der Waals surface area contributed by atoms with Gasteiger partial charge in [0.1, 0.15) is 10.6 Å². The summed E-state index contributed by atoms with van der Waals surface area (Å²) in [5.74, 6) is 1.10. The molecule has 1 heterocycles. The second-order valence-electron chi connectivity index (χ2n) is 6.58. The van der Waals surface area contributed by atoms with Gasteiger partial charge in [0.2, 0.25) is 0 Å². The number of nitrogens with one attached hydrogen (secondary N) is 1. The number of rotatable bonds is 7. The van der Waals surface area contributed by atoms with Crippen molar-refractivity contribution < 1.29 is 9.53 Å². The topological polar surface area (TPSA) is 54.5 Å². The van der Waals surface area contributed by atoms with Gasteiger partial charge in [-0.3, -0.25) is 4.79 Å². The Labute approximate surface area is 154 Å². The van der Waals surface area contributed by atoms with E-state index in [2.05, 4.69) is 29.0 Å². The Morgan fingerprint density at radius 2 is 1.92 bits per heavy atom. The van der Waals surface area contributed by atoms with Gasteiger partial charge in [-0.25, -0.2) is 4.98 Å². The number of hydrogen-bond acceptors (Lipinski definition) is 5. The Kier molecular flexibility index (Phi) is 6.56. The molecule has 2 rings (SSSR count). The number of likely N-dealkylation sites (N-methyl/N-ethyl adjacent to an activating group) is 1. The lowest BCUT2D eigenvalue weighted by atomic mass is 10.1. The fraction of sp³-hybridized carbons (Fsp3) is 0.474. The molecule has 1 N–H and O–H groups in total. The van der Waals surface area contributed by atoms with Gasteiger partial charge in [0, 0.05) is 12.5 Å². The zero-order valence-electron chi connectivity index (χ0n) is 15.8. The van der Waals surface area contributed by atoms with Gasteiger partial charge in [-0.2, -0.15) is 0 Å². The lowest BCUT2D eigenvalue weighted by Gasteiger charge is -2.25. The zero-order valence-corrected chi connectivity index (χ0v) is 16.6. The van der Waals surface area contributed by atoms with Crippen LogP contribution in [-0.4, -0.2) is 43.5 Å². The van der Waals surface area contributed by atoms with E-state index in [4.69, 9.17) is 4.74 Å². The summed E-state index contributed by atoms with van der Waals surface area (Å²) in [7, 11) is 5.67. The number of benzene rings is 1. The van der Waals surface area contributed by atoms with Crippen LogP contribution in [0.4, 0.5) is 0 Å². The van der Waals surface area contributed by atoms with Crippen LogP contribution in [0.3, 0.4) is 0 Å². The quantitative estimate of drug-likeness (QED) is 0.818. The first-order valence-corrected chi connectivity index (χ1v) is 9.21. The SMILES string of the molecule is COc1ccc(C(CNC(=O)c2sc(C(C)C)nc2C)N(C)C)cc1. The largest absolute Gasteiger partial charge is 0.497 e. The first-order valence-electron chi connectivity index (χ1n) is 8.39. The Morgan fingerprint density at radius 3 is 2.40 bits per heavy atom. The molecule has 1 unspecified atom stereocenters. The van der Waals surface area contributed by atoms with Gasteiger partial charge in [-0.15, -0.1) is 11.3 Å². The molecule has 0 aliphatic carbocycles. The van der Waals surface area contributed by atoms with E-state index in [0.717, 1.165) is 22.0 Å². The van der Waals surface area contributed by atoms with Crippen molar-refractivity contribution in [2.75, 3.05) is 27.7 Å². The zero-order chi connectivity index (χ0) is 18.6. The van der Waals surface area contributed by atoms with Gasteiger partial charge in [-0.05, 0) is 38.7 Å². The average molecular weight is 362 g/mol. The maximum absolute atomic E-state index is 12.6. The molecule has 136 valence electrons. The van der Waals surface area contributed by atoms with Crippen molar-refractivity contribution in [3.8, 4) is 5.75 Å². The molecule has 0 saturated carbocycles. The lowest BCUT2D eigenvalue weighted by Crippen LogP contribution is -2.34. The van der Waals surface area contributed by atoms with E-state index in [-0.39, 0.29) is 11.9 Å². The van der Waals surface area contributed by atoms with Crippen LogP contribution in [0.1, 0.15) is 51.7 Å². The smallest absolute Gasteiger partial charge is 0.263 e. The number of nitrogens with zero attached hydrogens (tertiary/aromatic N) is 2. The summed E-state index contributed by atoms with van der Waals surface area (Å²) >= 11 is 1.48. The summed E-state index contributed by atoms with van der Waals surface area (Å²) in [6, 6.07) is 8.04. The Bertz CT molecular complexity index is 708. The molecule has 0 spiro atoms. The molecule has 1 aromatic carbocycles. The first kappa shape index (κ1) is 19.4. The molecular weight excluding hydrogens is 334 g/mol. The van der Waals surface area contributed by atoms with E-state index >= 15 is 0 Å². The van der Waals surface area contributed by atoms with Gasteiger partial charge in [0.05, 0.1) is 23.9 Å². The van der Waals surface area contributed by atoms with Crippen LogP contribution in [0.5, 0.6) is 5.75 Å². The van der Waals surface area contributed by atoms with Gasteiger partial charge in [-0.1, -0.05) is 26.0 Å². The molecule has 1 amide bonds. The van der Waals surface area contributed by atoms with Crippen LogP contribution in [-0.2, 0) is 0 Å². The van der Waals surface area contributed by atoms with Crippen molar-refractivity contribution in [2.45, 2.75) is 32.7 Å². The third-order valence-corrected chi connectivity index (χ3v) is 5.55. The maximum atomic E-state index is 12.6. The number of carbonyl (C=O) groups is 1. The molecule has 0 saturated heterocycles. The molecule has 0 aliphatic heterocycles. The number of thiazole rings is 1. The Morgan fingerprint density at radius 1 is 1.28 bits per heavy atom. The molecular formula is C19H27N3O2S. The summed E-state index contributed by atoms with van der Waals surface area (Å²) in [5, 5.41) is 4.06. The van der Waals surface area contributed by atoms with Crippen molar-refractivity contribution in [3.05, 3.63) is 45.4 Å². The van der Waals surface area contributed by atoms with E-state index in [1.807, 2.05) is 45.3 Å². The highest BCUT2D eigenvalue weighted by Gasteiger charge is 2.20. The number of amides is 1. The van der Waals surface area contributed by atoms with Crippen molar-refractivity contribution in [1.29, 1.82) is 0 Å². The Balaban J connectivity index is 2.09. The summed E-state index contributed by atoms with van der Waals surface area (Å²) in [6.45, 7) is 6.61. The predicted molar refractivity (Wildman–Crippen MR) is 103 cm³/mol. The van der Waals surface area contributed by atoms with E-state index in [1.54, 1.807) is 7.11 Å². The molecule has 0 aliphatic rings. The van der Waals surface area contributed by atoms with Gasteiger partial charge in [0.25, 0.3) is 5.91 Å². The van der Waals surface area contributed by atoms with Crippen molar-refractivity contribution in [3.63, 3.8) is 0 Å². The normalized spacial score (nSPS) is 12.5. The number of aryl methyl sites for hydroxylation is 1. The minimum atomic E-state index is -0.0535. The Hall–Kier alpha value is -1.92. The van der Waals surface area contributed by atoms with Crippen LogP contribution in [0.25, 0.3) is 0 Å². The predicted octanol–water partition coefficient (Wildman–Crippen LogP) is 3.62. The van der Waals surface area contributed by atoms with Crippen LogP contribution < -0.4 is 10.1 Å². The molecule has 2 aromatic rings. The van der Waals surface area contributed by atoms with E-state index < -0.39 is 0 Å². The summed E-state index contributed by atoms with van der Waals surface area (Å²) in [4.78, 5) is 19.9. The third kappa shape index (κ3) is 4.80. The molecule has 0 fully saturated rings. The second-order valence-corrected chi connectivity index (χ2v) is 7.61. The molecule has 5 nitrogen and oxygen atoms in total. The first-order chi connectivity index (χ1) is 11.8. The summed E-state index contributed by atoms with van der Waals surface area (Å²) < 4.78 is 5.21. The fourth-order valence-corrected chi connectivity index (χ4v) is 3.55. The molecule has 1 atom stereocenters. The summed E-state index contributed by atoms with van der Waals surface area (Å²) in [6.07, 6.45) is 0. The number of hydrogen-bond donors (Lipinski definition) is 1. The molecule has 6 heteroatoms. The summed E-state index contributed by atoms with van der Waals surface area (Å²) in [5.41, 5.74) is 1.94. The third-order valence-electron chi connectivity index (χ3n) is 4.09. The lowest BCUT2D eigenvalue weighted by molar-refractivity contribution is 0.0945. The van der Waals surface area contributed by atoms with Gasteiger partial charge >= 0.3 is 0 Å². The fourth-order valence-electron chi connectivity index (χ4n) is 2.57. The maximum Gasteiger partial charge on any atom is 0.263 e. The van der Waals surface area contributed by atoms with Gasteiger partial charge < -0.3 is 15.0 Å². The van der Waals surface area contributed by atoms with Crippen molar-refractivity contribution >= 4 is 17.2 Å². The minimum Gasteiger partial charge on any atom is -0.497 e. The average Bonchev–Trinajstić information content (AvgIpc) is 2.97. The second kappa shape index (κ2) is 8.45.